The number of carboxylic acids is 1. The van der Waals surface area contributed by atoms with Crippen LogP contribution >= 0.6 is 0 Å². The number of carbonyl (C=O) groups excluding carboxylic acids is 1. The van der Waals surface area contributed by atoms with E-state index in [0.717, 1.165) is 31.4 Å². The van der Waals surface area contributed by atoms with Crippen LogP contribution < -0.4 is 5.32 Å². The normalized spacial score (nSPS) is 19.5. The highest BCUT2D eigenvalue weighted by molar-refractivity contribution is 5.76. The van der Waals surface area contributed by atoms with Crippen LogP contribution in [0.4, 0.5) is 4.79 Å². The Kier molecular flexibility index (Phi) is 5.25. The Bertz CT molecular complexity index is 472. The van der Waals surface area contributed by atoms with Crippen molar-refractivity contribution >= 4 is 12.0 Å². The van der Waals surface area contributed by atoms with Crippen LogP contribution in [-0.2, 0) is 11.2 Å². The second-order valence-electron chi connectivity index (χ2n) is 5.56. The summed E-state index contributed by atoms with van der Waals surface area (Å²) in [4.78, 5) is 24.7. The van der Waals surface area contributed by atoms with Gasteiger partial charge in [-0.2, -0.15) is 0 Å². The number of likely N-dealkylation sites (tertiary alicyclic amines) is 1. The first-order valence-electron chi connectivity index (χ1n) is 7.37. The molecule has 2 rings (SSSR count). The van der Waals surface area contributed by atoms with Gasteiger partial charge in [-0.25, -0.2) is 4.79 Å². The topological polar surface area (TPSA) is 82.8 Å². The Balaban J connectivity index is 1.78. The molecule has 6 nitrogen and oxygen atoms in total. The molecule has 0 radical (unpaired) electrons. The summed E-state index contributed by atoms with van der Waals surface area (Å²) in [6.07, 6.45) is 4.85. The van der Waals surface area contributed by atoms with Crippen LogP contribution in [0.1, 0.15) is 38.4 Å². The van der Waals surface area contributed by atoms with E-state index in [1.165, 1.54) is 0 Å². The SMILES string of the molecule is CC(CCc1ccco1)NC(=O)N1CCCC1CC(=O)O. The van der Waals surface area contributed by atoms with Gasteiger partial charge in [-0.1, -0.05) is 0 Å². The van der Waals surface area contributed by atoms with E-state index in [1.54, 1.807) is 11.2 Å². The minimum atomic E-state index is -0.856. The molecule has 0 aromatic carbocycles. The molecule has 1 aromatic heterocycles. The smallest absolute Gasteiger partial charge is 0.317 e. The van der Waals surface area contributed by atoms with Crippen molar-refractivity contribution in [3.05, 3.63) is 24.2 Å². The molecule has 0 spiro atoms. The molecular formula is C15H22N2O4. The number of hydrogen-bond acceptors (Lipinski definition) is 3. The monoisotopic (exact) mass is 294 g/mol. The van der Waals surface area contributed by atoms with Crippen molar-refractivity contribution in [3.63, 3.8) is 0 Å². The summed E-state index contributed by atoms with van der Waals surface area (Å²) in [5.74, 6) is 0.0478. The lowest BCUT2D eigenvalue weighted by Gasteiger charge is -2.25. The highest BCUT2D eigenvalue weighted by atomic mass is 16.4. The summed E-state index contributed by atoms with van der Waals surface area (Å²) < 4.78 is 5.26. The zero-order valence-corrected chi connectivity index (χ0v) is 12.2. The Morgan fingerprint density at radius 3 is 3.05 bits per heavy atom. The molecule has 2 heterocycles. The zero-order valence-electron chi connectivity index (χ0n) is 12.2. The molecule has 2 N–H and O–H groups in total. The standard InChI is InChI=1S/C15H22N2O4/c1-11(6-7-13-5-3-9-21-13)16-15(20)17-8-2-4-12(17)10-14(18)19/h3,5,9,11-12H,2,4,6-8,10H2,1H3,(H,16,20)(H,18,19). The number of aryl methyl sites for hydroxylation is 1. The molecule has 1 aliphatic rings. The van der Waals surface area contributed by atoms with Crippen molar-refractivity contribution in [1.82, 2.24) is 10.2 Å². The number of hydrogen-bond donors (Lipinski definition) is 2. The molecule has 1 aromatic rings. The first-order valence-corrected chi connectivity index (χ1v) is 7.37. The Labute approximate surface area is 124 Å². The lowest BCUT2D eigenvalue weighted by Crippen LogP contribution is -2.46. The molecule has 21 heavy (non-hydrogen) atoms. The van der Waals surface area contributed by atoms with Crippen LogP contribution in [0.2, 0.25) is 0 Å². The van der Waals surface area contributed by atoms with E-state index in [4.69, 9.17) is 9.52 Å². The minimum absolute atomic E-state index is 0.0219. The van der Waals surface area contributed by atoms with Gasteiger partial charge in [-0.05, 0) is 38.3 Å². The second-order valence-corrected chi connectivity index (χ2v) is 5.56. The summed E-state index contributed by atoms with van der Waals surface area (Å²) in [5, 5.41) is 11.8. The molecule has 1 aliphatic heterocycles. The Morgan fingerprint density at radius 1 is 1.57 bits per heavy atom. The maximum absolute atomic E-state index is 12.2. The molecule has 0 bridgehead atoms. The number of carbonyl (C=O) groups is 2. The van der Waals surface area contributed by atoms with E-state index in [0.29, 0.717) is 6.54 Å². The molecule has 0 saturated carbocycles. The third-order valence-corrected chi connectivity index (χ3v) is 3.82. The molecule has 6 heteroatoms. The van der Waals surface area contributed by atoms with Gasteiger partial charge in [0, 0.05) is 25.0 Å². The third kappa shape index (κ3) is 4.51. The van der Waals surface area contributed by atoms with Crippen molar-refractivity contribution in [2.45, 2.75) is 51.1 Å². The summed E-state index contributed by atoms with van der Waals surface area (Å²) >= 11 is 0. The number of aliphatic carboxylic acids is 1. The van der Waals surface area contributed by atoms with Gasteiger partial charge in [0.15, 0.2) is 0 Å². The fourth-order valence-electron chi connectivity index (χ4n) is 2.70. The number of carboxylic acid groups (broad SMARTS) is 1. The van der Waals surface area contributed by atoms with E-state index in [9.17, 15) is 9.59 Å². The number of urea groups is 1. The van der Waals surface area contributed by atoms with Gasteiger partial charge in [-0.15, -0.1) is 0 Å². The van der Waals surface area contributed by atoms with Gasteiger partial charge in [0.2, 0.25) is 0 Å². The van der Waals surface area contributed by atoms with Gasteiger partial charge in [-0.3, -0.25) is 4.79 Å². The fourth-order valence-corrected chi connectivity index (χ4v) is 2.70. The second kappa shape index (κ2) is 7.15. The average molecular weight is 294 g/mol. The van der Waals surface area contributed by atoms with Crippen molar-refractivity contribution in [2.75, 3.05) is 6.54 Å². The number of amides is 2. The lowest BCUT2D eigenvalue weighted by molar-refractivity contribution is -0.137. The number of nitrogens with zero attached hydrogens (tertiary/aromatic N) is 1. The summed E-state index contributed by atoms with van der Waals surface area (Å²) in [6.45, 7) is 2.58. The molecule has 116 valence electrons. The van der Waals surface area contributed by atoms with Crippen molar-refractivity contribution in [3.8, 4) is 0 Å². The lowest BCUT2D eigenvalue weighted by atomic mass is 10.1. The first-order chi connectivity index (χ1) is 10.1. The zero-order chi connectivity index (χ0) is 15.2. The van der Waals surface area contributed by atoms with E-state index in [-0.39, 0.29) is 24.5 Å². The maximum Gasteiger partial charge on any atom is 0.317 e. The van der Waals surface area contributed by atoms with Crippen molar-refractivity contribution < 1.29 is 19.1 Å². The van der Waals surface area contributed by atoms with Crippen molar-refractivity contribution in [1.29, 1.82) is 0 Å². The van der Waals surface area contributed by atoms with Gasteiger partial charge < -0.3 is 19.7 Å². The Morgan fingerprint density at radius 2 is 2.38 bits per heavy atom. The van der Waals surface area contributed by atoms with Crippen LogP contribution in [0.15, 0.2) is 22.8 Å². The first kappa shape index (κ1) is 15.4. The maximum atomic E-state index is 12.2. The molecule has 1 fully saturated rings. The van der Waals surface area contributed by atoms with E-state index < -0.39 is 5.97 Å². The molecule has 2 amide bonds. The van der Waals surface area contributed by atoms with E-state index >= 15 is 0 Å². The summed E-state index contributed by atoms with van der Waals surface area (Å²) in [7, 11) is 0. The predicted octanol–water partition coefficient (Wildman–Crippen LogP) is 2.25. The van der Waals surface area contributed by atoms with Crippen LogP contribution in [-0.4, -0.2) is 40.6 Å². The van der Waals surface area contributed by atoms with E-state index in [1.807, 2.05) is 19.1 Å². The van der Waals surface area contributed by atoms with Crippen LogP contribution in [0.5, 0.6) is 0 Å². The van der Waals surface area contributed by atoms with Crippen molar-refractivity contribution in [2.24, 2.45) is 0 Å². The average Bonchev–Trinajstić information content (AvgIpc) is 3.06. The van der Waals surface area contributed by atoms with Gasteiger partial charge in [0.05, 0.1) is 12.7 Å². The minimum Gasteiger partial charge on any atom is -0.481 e. The van der Waals surface area contributed by atoms with E-state index in [2.05, 4.69) is 5.32 Å². The fraction of sp³-hybridized carbons (Fsp3) is 0.600. The van der Waals surface area contributed by atoms with Crippen LogP contribution in [0.25, 0.3) is 0 Å². The highest BCUT2D eigenvalue weighted by Crippen LogP contribution is 2.20. The third-order valence-electron chi connectivity index (χ3n) is 3.82. The Hall–Kier alpha value is -1.98. The molecular weight excluding hydrogens is 272 g/mol. The van der Waals surface area contributed by atoms with Gasteiger partial charge >= 0.3 is 12.0 Å². The van der Waals surface area contributed by atoms with Gasteiger partial charge in [0.1, 0.15) is 5.76 Å². The number of rotatable bonds is 6. The molecule has 2 atom stereocenters. The van der Waals surface area contributed by atoms with Crippen LogP contribution in [0.3, 0.4) is 0 Å². The molecule has 1 saturated heterocycles. The number of nitrogens with one attached hydrogen (secondary N) is 1. The molecule has 0 aliphatic carbocycles. The number of furan rings is 1. The predicted molar refractivity (Wildman–Crippen MR) is 77.0 cm³/mol. The van der Waals surface area contributed by atoms with Crippen LogP contribution in [0, 0.1) is 0 Å². The van der Waals surface area contributed by atoms with Gasteiger partial charge in [0.25, 0.3) is 0 Å². The highest BCUT2D eigenvalue weighted by Gasteiger charge is 2.30. The summed E-state index contributed by atoms with van der Waals surface area (Å²) in [5.41, 5.74) is 0. The summed E-state index contributed by atoms with van der Waals surface area (Å²) in [6, 6.07) is 3.44. The quantitative estimate of drug-likeness (QED) is 0.843. The molecule has 2 unspecified atom stereocenters. The largest absolute Gasteiger partial charge is 0.481 e.